The van der Waals surface area contributed by atoms with Crippen LogP contribution < -0.4 is 10.5 Å². The van der Waals surface area contributed by atoms with Crippen molar-refractivity contribution < 1.29 is 19.1 Å². The molecule has 2 N–H and O–H groups in total. The monoisotopic (exact) mass is 275 g/mol. The molecule has 0 saturated heterocycles. The zero-order valence-electron chi connectivity index (χ0n) is 11.7. The Labute approximate surface area is 117 Å². The number of nitrogens with two attached hydrogens (primary N) is 1. The highest BCUT2D eigenvalue weighted by atomic mass is 16.5. The first-order chi connectivity index (χ1) is 9.38. The quantitative estimate of drug-likeness (QED) is 0.837. The van der Waals surface area contributed by atoms with Gasteiger partial charge in [-0.25, -0.2) is 0 Å². The molecule has 0 bridgehead atoms. The van der Waals surface area contributed by atoms with E-state index in [-0.39, 0.29) is 17.3 Å². The summed E-state index contributed by atoms with van der Waals surface area (Å²) < 4.78 is 5.24. The minimum atomic E-state index is -0.898. The van der Waals surface area contributed by atoms with Crippen molar-refractivity contribution >= 4 is 17.3 Å². The number of Topliss-reactive ketones (excluding diaryl/α,β-unsaturated/α-hetero) is 3. The fourth-order valence-electron chi connectivity index (χ4n) is 2.69. The first kappa shape index (κ1) is 14.4. The topological polar surface area (TPSA) is 86.5 Å². The van der Waals surface area contributed by atoms with E-state index in [4.69, 9.17) is 10.5 Å². The maximum atomic E-state index is 12.4. The van der Waals surface area contributed by atoms with E-state index < -0.39 is 12.0 Å². The third-order valence-corrected chi connectivity index (χ3v) is 3.80. The molecule has 5 nitrogen and oxygen atoms in total. The molecule has 0 spiro atoms. The largest absolute Gasteiger partial charge is 0.496 e. The Bertz CT molecular complexity index is 606. The minimum absolute atomic E-state index is 0.133. The normalized spacial score (nSPS) is 21.3. The zero-order valence-corrected chi connectivity index (χ0v) is 11.7. The Hall–Kier alpha value is -2.01. The van der Waals surface area contributed by atoms with Crippen molar-refractivity contribution in [2.75, 3.05) is 7.11 Å². The fraction of sp³-hybridized carbons (Fsp3) is 0.400. The third kappa shape index (κ3) is 2.14. The molecule has 1 aliphatic rings. The Morgan fingerprint density at radius 3 is 2.45 bits per heavy atom. The zero-order chi connectivity index (χ0) is 15.0. The molecule has 2 atom stereocenters. The molecule has 2 unspecified atom stereocenters. The molecular weight excluding hydrogens is 258 g/mol. The summed E-state index contributed by atoms with van der Waals surface area (Å²) in [6, 6.07) is 2.32. The lowest BCUT2D eigenvalue weighted by Crippen LogP contribution is -2.46. The van der Waals surface area contributed by atoms with Gasteiger partial charge in [0, 0.05) is 22.6 Å². The molecule has 1 aromatic rings. The van der Waals surface area contributed by atoms with Gasteiger partial charge in [0.25, 0.3) is 0 Å². The van der Waals surface area contributed by atoms with Crippen molar-refractivity contribution in [2.24, 2.45) is 11.7 Å². The van der Waals surface area contributed by atoms with E-state index in [1.165, 1.54) is 21.0 Å². The van der Waals surface area contributed by atoms with Crippen molar-refractivity contribution in [2.45, 2.75) is 26.3 Å². The van der Waals surface area contributed by atoms with Crippen molar-refractivity contribution in [3.63, 3.8) is 0 Å². The van der Waals surface area contributed by atoms with Crippen LogP contribution in [0.5, 0.6) is 5.75 Å². The molecule has 0 heterocycles. The summed E-state index contributed by atoms with van der Waals surface area (Å²) in [4.78, 5) is 35.8. The number of carbonyl (C=O) groups excluding carboxylic acids is 3. The summed E-state index contributed by atoms with van der Waals surface area (Å²) in [6.07, 6.45) is 0.321. The number of carbonyl (C=O) groups is 3. The third-order valence-electron chi connectivity index (χ3n) is 3.80. The van der Waals surface area contributed by atoms with Crippen LogP contribution >= 0.6 is 0 Å². The number of ether oxygens (including phenoxy) is 1. The fourth-order valence-corrected chi connectivity index (χ4v) is 2.69. The van der Waals surface area contributed by atoms with Gasteiger partial charge >= 0.3 is 0 Å². The number of benzene rings is 1. The van der Waals surface area contributed by atoms with Gasteiger partial charge in [0.05, 0.1) is 13.2 Å². The molecule has 0 aliphatic heterocycles. The molecule has 5 heteroatoms. The number of hydrogen-bond acceptors (Lipinski definition) is 5. The standard InChI is InChI=1S/C15H17NO4/c1-7(17)9-4-5-12(20-3)11-6-10(8(2)18)14(16)15(19)13(9)11/h4-5,10,14H,6,16H2,1-3H3. The molecule has 1 aliphatic carbocycles. The Kier molecular flexibility index (Phi) is 3.72. The summed E-state index contributed by atoms with van der Waals surface area (Å²) in [5.41, 5.74) is 7.12. The Morgan fingerprint density at radius 1 is 1.30 bits per heavy atom. The molecular formula is C15H17NO4. The van der Waals surface area contributed by atoms with Crippen molar-refractivity contribution in [3.05, 3.63) is 28.8 Å². The summed E-state index contributed by atoms with van der Waals surface area (Å²) in [5, 5.41) is 0. The second kappa shape index (κ2) is 5.17. The lowest BCUT2D eigenvalue weighted by molar-refractivity contribution is -0.121. The molecule has 0 fully saturated rings. The average molecular weight is 275 g/mol. The molecule has 2 rings (SSSR count). The van der Waals surface area contributed by atoms with Crippen LogP contribution in [0.1, 0.15) is 40.1 Å². The van der Waals surface area contributed by atoms with Crippen LogP contribution in [-0.4, -0.2) is 30.5 Å². The van der Waals surface area contributed by atoms with Gasteiger partial charge in [0.1, 0.15) is 11.5 Å². The number of hydrogen-bond donors (Lipinski definition) is 1. The molecule has 0 radical (unpaired) electrons. The first-order valence-electron chi connectivity index (χ1n) is 6.39. The van der Waals surface area contributed by atoms with Gasteiger partial charge in [-0.05, 0) is 32.4 Å². The maximum Gasteiger partial charge on any atom is 0.181 e. The number of methoxy groups -OCH3 is 1. The van der Waals surface area contributed by atoms with Gasteiger partial charge in [-0.3, -0.25) is 14.4 Å². The predicted octanol–water partition coefficient (Wildman–Crippen LogP) is 1.17. The number of ketones is 3. The summed E-state index contributed by atoms with van der Waals surface area (Å²) in [6.45, 7) is 2.82. The van der Waals surface area contributed by atoms with Gasteiger partial charge in [-0.15, -0.1) is 0 Å². The van der Waals surface area contributed by atoms with Crippen molar-refractivity contribution in [1.82, 2.24) is 0 Å². The van der Waals surface area contributed by atoms with Crippen LogP contribution in [0.25, 0.3) is 0 Å². The van der Waals surface area contributed by atoms with E-state index in [9.17, 15) is 14.4 Å². The lowest BCUT2D eigenvalue weighted by atomic mass is 9.75. The smallest absolute Gasteiger partial charge is 0.181 e. The van der Waals surface area contributed by atoms with E-state index in [2.05, 4.69) is 0 Å². The van der Waals surface area contributed by atoms with Gasteiger partial charge in [0.2, 0.25) is 0 Å². The van der Waals surface area contributed by atoms with E-state index >= 15 is 0 Å². The van der Waals surface area contributed by atoms with Gasteiger partial charge in [0.15, 0.2) is 11.6 Å². The van der Waals surface area contributed by atoms with E-state index in [1.54, 1.807) is 12.1 Å². The Balaban J connectivity index is 2.69. The van der Waals surface area contributed by atoms with E-state index in [0.717, 1.165) is 0 Å². The highest BCUT2D eigenvalue weighted by molar-refractivity contribution is 6.13. The maximum absolute atomic E-state index is 12.4. The van der Waals surface area contributed by atoms with E-state index in [1.807, 2.05) is 0 Å². The number of fused-ring (bicyclic) bond motifs is 1. The van der Waals surface area contributed by atoms with Crippen LogP contribution in [0.3, 0.4) is 0 Å². The van der Waals surface area contributed by atoms with Gasteiger partial charge in [-0.2, -0.15) is 0 Å². The lowest BCUT2D eigenvalue weighted by Gasteiger charge is -2.29. The molecule has 20 heavy (non-hydrogen) atoms. The molecule has 1 aromatic carbocycles. The second-order valence-corrected chi connectivity index (χ2v) is 5.04. The van der Waals surface area contributed by atoms with Gasteiger partial charge < -0.3 is 10.5 Å². The molecule has 0 saturated carbocycles. The Morgan fingerprint density at radius 2 is 1.95 bits per heavy atom. The van der Waals surface area contributed by atoms with Crippen molar-refractivity contribution in [3.8, 4) is 5.75 Å². The summed E-state index contributed by atoms with van der Waals surface area (Å²) in [7, 11) is 1.49. The SMILES string of the molecule is COc1ccc(C(C)=O)c2c1CC(C(C)=O)C(N)C2=O. The highest BCUT2D eigenvalue weighted by Gasteiger charge is 2.38. The van der Waals surface area contributed by atoms with Gasteiger partial charge in [-0.1, -0.05) is 0 Å². The molecule has 0 amide bonds. The van der Waals surface area contributed by atoms with Crippen LogP contribution in [0.15, 0.2) is 12.1 Å². The molecule has 0 aromatic heterocycles. The van der Waals surface area contributed by atoms with Crippen LogP contribution in [0.2, 0.25) is 0 Å². The van der Waals surface area contributed by atoms with E-state index in [0.29, 0.717) is 28.9 Å². The predicted molar refractivity (Wildman–Crippen MR) is 73.2 cm³/mol. The second-order valence-electron chi connectivity index (χ2n) is 5.04. The van der Waals surface area contributed by atoms with Crippen LogP contribution in [-0.2, 0) is 11.2 Å². The first-order valence-corrected chi connectivity index (χ1v) is 6.39. The summed E-state index contributed by atoms with van der Waals surface area (Å²) in [5.74, 6) is -0.754. The summed E-state index contributed by atoms with van der Waals surface area (Å²) >= 11 is 0. The van der Waals surface area contributed by atoms with Crippen LogP contribution in [0.4, 0.5) is 0 Å². The van der Waals surface area contributed by atoms with Crippen LogP contribution in [0, 0.1) is 5.92 Å². The number of rotatable bonds is 3. The minimum Gasteiger partial charge on any atom is -0.496 e. The average Bonchev–Trinajstić information content (AvgIpc) is 2.40. The highest BCUT2D eigenvalue weighted by Crippen LogP contribution is 2.34. The molecule has 106 valence electrons. The van der Waals surface area contributed by atoms with Crippen molar-refractivity contribution in [1.29, 1.82) is 0 Å².